The Morgan fingerprint density at radius 1 is 1.04 bits per heavy atom. The minimum Gasteiger partial charge on any atom is -0.481 e. The first-order valence-electron chi connectivity index (χ1n) is 9.07. The third kappa shape index (κ3) is 5.39. The van der Waals surface area contributed by atoms with E-state index in [-0.39, 0.29) is 29.9 Å². The van der Waals surface area contributed by atoms with Crippen molar-refractivity contribution in [3.63, 3.8) is 0 Å². The Kier molecular flexibility index (Phi) is 6.87. The van der Waals surface area contributed by atoms with Gasteiger partial charge in [-0.2, -0.15) is 0 Å². The molecule has 0 aromatic rings. The molecule has 2 fully saturated rings. The molecule has 7 nitrogen and oxygen atoms in total. The quantitative estimate of drug-likeness (QED) is 0.710. The first kappa shape index (κ1) is 18.5. The van der Waals surface area contributed by atoms with Gasteiger partial charge in [0.15, 0.2) is 0 Å². The predicted molar refractivity (Wildman–Crippen MR) is 89.6 cm³/mol. The van der Waals surface area contributed by atoms with Crippen LogP contribution in [0.25, 0.3) is 0 Å². The zero-order valence-corrected chi connectivity index (χ0v) is 14.4. The van der Waals surface area contributed by atoms with Gasteiger partial charge in [-0.15, -0.1) is 0 Å². The van der Waals surface area contributed by atoms with Gasteiger partial charge in [0, 0.05) is 31.6 Å². The topological polar surface area (TPSA) is 98.7 Å². The number of rotatable bonds is 5. The Bertz CT molecular complexity index is 461. The van der Waals surface area contributed by atoms with E-state index in [0.29, 0.717) is 45.2 Å². The Labute approximate surface area is 143 Å². The van der Waals surface area contributed by atoms with Crippen molar-refractivity contribution in [3.05, 3.63) is 0 Å². The van der Waals surface area contributed by atoms with Crippen LogP contribution in [0, 0.1) is 5.92 Å². The summed E-state index contributed by atoms with van der Waals surface area (Å²) in [7, 11) is 0. The number of carbonyl (C=O) groups is 3. The summed E-state index contributed by atoms with van der Waals surface area (Å²) in [5.74, 6) is -0.954. The first-order chi connectivity index (χ1) is 11.5. The molecular formula is C17H29N3O4. The lowest BCUT2D eigenvalue weighted by molar-refractivity contribution is -0.142. The van der Waals surface area contributed by atoms with Gasteiger partial charge in [-0.3, -0.25) is 9.59 Å². The third-order valence-corrected chi connectivity index (χ3v) is 4.95. The monoisotopic (exact) mass is 339 g/mol. The number of urea groups is 1. The first-order valence-corrected chi connectivity index (χ1v) is 9.07. The van der Waals surface area contributed by atoms with Gasteiger partial charge in [0.2, 0.25) is 5.91 Å². The van der Waals surface area contributed by atoms with E-state index in [4.69, 9.17) is 5.11 Å². The highest BCUT2D eigenvalue weighted by molar-refractivity contribution is 5.77. The van der Waals surface area contributed by atoms with E-state index in [9.17, 15) is 14.4 Å². The Balaban J connectivity index is 1.76. The maximum atomic E-state index is 12.4. The van der Waals surface area contributed by atoms with E-state index in [1.54, 1.807) is 4.90 Å². The van der Waals surface area contributed by atoms with Crippen molar-refractivity contribution in [2.75, 3.05) is 13.1 Å². The summed E-state index contributed by atoms with van der Waals surface area (Å²) in [5.41, 5.74) is 0. The fraction of sp³-hybridized carbons (Fsp3) is 0.824. The zero-order chi connectivity index (χ0) is 17.5. The number of carbonyl (C=O) groups excluding carboxylic acids is 2. The van der Waals surface area contributed by atoms with Crippen LogP contribution in [0.5, 0.6) is 0 Å². The predicted octanol–water partition coefficient (Wildman–Crippen LogP) is 1.72. The van der Waals surface area contributed by atoms with Crippen LogP contribution in [0.3, 0.4) is 0 Å². The summed E-state index contributed by atoms with van der Waals surface area (Å²) in [6.07, 6.45) is 5.81. The third-order valence-electron chi connectivity index (χ3n) is 4.95. The number of carboxylic acid groups (broad SMARTS) is 1. The molecule has 1 aliphatic carbocycles. The average molecular weight is 339 g/mol. The molecular weight excluding hydrogens is 310 g/mol. The molecule has 1 saturated heterocycles. The Morgan fingerprint density at radius 2 is 1.75 bits per heavy atom. The number of likely N-dealkylation sites (tertiary alicyclic amines) is 1. The maximum absolute atomic E-state index is 12.4. The van der Waals surface area contributed by atoms with Crippen LogP contribution in [0.1, 0.15) is 58.3 Å². The molecule has 0 aromatic heterocycles. The molecule has 7 heteroatoms. The number of amides is 3. The summed E-state index contributed by atoms with van der Waals surface area (Å²) in [4.78, 5) is 36.9. The van der Waals surface area contributed by atoms with Gasteiger partial charge >= 0.3 is 12.0 Å². The van der Waals surface area contributed by atoms with Gasteiger partial charge in [-0.05, 0) is 44.9 Å². The van der Waals surface area contributed by atoms with Crippen molar-refractivity contribution in [1.82, 2.24) is 15.5 Å². The second-order valence-electron chi connectivity index (χ2n) is 6.94. The average Bonchev–Trinajstić information content (AvgIpc) is 2.55. The van der Waals surface area contributed by atoms with Gasteiger partial charge in [-0.25, -0.2) is 4.79 Å². The number of nitrogens with zero attached hydrogens (tertiary/aromatic N) is 1. The molecule has 2 aliphatic rings. The number of hydrogen-bond donors (Lipinski definition) is 3. The SMILES string of the molecule is CCCC(=O)NC1CCCN(C(=O)NC2CCC(C(=O)O)CC2)C1. The van der Waals surface area contributed by atoms with Crippen molar-refractivity contribution in [2.24, 2.45) is 5.92 Å². The minimum atomic E-state index is -0.735. The number of aliphatic carboxylic acids is 1. The van der Waals surface area contributed by atoms with Crippen molar-refractivity contribution >= 4 is 17.9 Å². The van der Waals surface area contributed by atoms with Crippen LogP contribution < -0.4 is 10.6 Å². The molecule has 0 aromatic carbocycles. The van der Waals surface area contributed by atoms with Crippen LogP contribution in [-0.2, 0) is 9.59 Å². The number of nitrogens with one attached hydrogen (secondary N) is 2. The second kappa shape index (κ2) is 8.89. The molecule has 1 saturated carbocycles. The van der Waals surface area contributed by atoms with Crippen LogP contribution in [0.15, 0.2) is 0 Å². The lowest BCUT2D eigenvalue weighted by atomic mass is 9.86. The standard InChI is InChI=1S/C17H29N3O4/c1-2-4-15(21)18-14-5-3-10-20(11-14)17(24)19-13-8-6-12(7-9-13)16(22)23/h12-14H,2-11H2,1H3,(H,18,21)(H,19,24)(H,22,23). The summed E-state index contributed by atoms with van der Waals surface area (Å²) < 4.78 is 0. The van der Waals surface area contributed by atoms with Gasteiger partial charge in [0.25, 0.3) is 0 Å². The van der Waals surface area contributed by atoms with E-state index in [1.807, 2.05) is 6.92 Å². The van der Waals surface area contributed by atoms with E-state index in [0.717, 1.165) is 19.3 Å². The molecule has 3 amide bonds. The molecule has 1 heterocycles. The fourth-order valence-electron chi connectivity index (χ4n) is 3.56. The molecule has 0 spiro atoms. The normalized spacial score (nSPS) is 27.4. The minimum absolute atomic E-state index is 0.0336. The highest BCUT2D eigenvalue weighted by Crippen LogP contribution is 2.24. The van der Waals surface area contributed by atoms with Crippen LogP contribution in [-0.4, -0.2) is 53.1 Å². The van der Waals surface area contributed by atoms with E-state index < -0.39 is 5.97 Å². The molecule has 24 heavy (non-hydrogen) atoms. The molecule has 0 radical (unpaired) electrons. The summed E-state index contributed by atoms with van der Waals surface area (Å²) in [6.45, 7) is 3.22. The van der Waals surface area contributed by atoms with Gasteiger partial charge in [-0.1, -0.05) is 6.92 Å². The lowest BCUT2D eigenvalue weighted by Gasteiger charge is -2.35. The van der Waals surface area contributed by atoms with E-state index >= 15 is 0 Å². The molecule has 2 rings (SSSR count). The van der Waals surface area contributed by atoms with Gasteiger partial charge in [0.05, 0.1) is 5.92 Å². The van der Waals surface area contributed by atoms with Crippen LogP contribution in [0.2, 0.25) is 0 Å². The van der Waals surface area contributed by atoms with Crippen molar-refractivity contribution in [2.45, 2.75) is 70.4 Å². The highest BCUT2D eigenvalue weighted by Gasteiger charge is 2.29. The Morgan fingerprint density at radius 3 is 2.38 bits per heavy atom. The molecule has 136 valence electrons. The summed E-state index contributed by atoms with van der Waals surface area (Å²) in [5, 5.41) is 15.0. The largest absolute Gasteiger partial charge is 0.481 e. The van der Waals surface area contributed by atoms with Crippen LogP contribution >= 0.6 is 0 Å². The zero-order valence-electron chi connectivity index (χ0n) is 14.4. The van der Waals surface area contributed by atoms with Gasteiger partial charge in [0.1, 0.15) is 0 Å². The van der Waals surface area contributed by atoms with E-state index in [1.165, 1.54) is 0 Å². The second-order valence-corrected chi connectivity index (χ2v) is 6.94. The van der Waals surface area contributed by atoms with Crippen molar-refractivity contribution in [3.8, 4) is 0 Å². The molecule has 1 unspecified atom stereocenters. The fourth-order valence-corrected chi connectivity index (χ4v) is 3.56. The van der Waals surface area contributed by atoms with Crippen molar-refractivity contribution in [1.29, 1.82) is 0 Å². The Hall–Kier alpha value is -1.79. The van der Waals surface area contributed by atoms with E-state index in [2.05, 4.69) is 10.6 Å². The summed E-state index contributed by atoms with van der Waals surface area (Å²) >= 11 is 0. The molecule has 1 aliphatic heterocycles. The lowest BCUT2D eigenvalue weighted by Crippen LogP contribution is -2.54. The summed E-state index contributed by atoms with van der Waals surface area (Å²) in [6, 6.07) is -0.00216. The molecule has 0 bridgehead atoms. The smallest absolute Gasteiger partial charge is 0.317 e. The molecule has 3 N–H and O–H groups in total. The highest BCUT2D eigenvalue weighted by atomic mass is 16.4. The number of piperidine rings is 1. The number of hydrogen-bond acceptors (Lipinski definition) is 3. The molecule has 1 atom stereocenters. The number of carboxylic acids is 1. The van der Waals surface area contributed by atoms with Gasteiger partial charge < -0.3 is 20.6 Å². The maximum Gasteiger partial charge on any atom is 0.317 e. The van der Waals surface area contributed by atoms with Crippen LogP contribution in [0.4, 0.5) is 4.79 Å². The van der Waals surface area contributed by atoms with Crippen molar-refractivity contribution < 1.29 is 19.5 Å².